The molecular formula is C18H28N4O2. The lowest BCUT2D eigenvalue weighted by Gasteiger charge is -2.30. The van der Waals surface area contributed by atoms with Gasteiger partial charge >= 0.3 is 0 Å². The van der Waals surface area contributed by atoms with Crippen LogP contribution in [0.4, 0.5) is 0 Å². The predicted octanol–water partition coefficient (Wildman–Crippen LogP) is 4.00. The zero-order valence-electron chi connectivity index (χ0n) is 15.2. The Hall–Kier alpha value is -1.69. The normalized spacial score (nSPS) is 18.5. The van der Waals surface area contributed by atoms with Gasteiger partial charge in [-0.1, -0.05) is 51.6 Å². The average Bonchev–Trinajstić information content (AvgIpc) is 3.10. The molecule has 1 saturated carbocycles. The molecule has 0 spiro atoms. The maximum atomic E-state index is 5.92. The highest BCUT2D eigenvalue weighted by molar-refractivity contribution is 5.09. The van der Waals surface area contributed by atoms with E-state index in [4.69, 9.17) is 8.94 Å². The van der Waals surface area contributed by atoms with Gasteiger partial charge in [0.15, 0.2) is 5.82 Å². The number of nitrogens with one attached hydrogen (secondary N) is 1. The lowest BCUT2D eigenvalue weighted by molar-refractivity contribution is 0.245. The molecule has 0 amide bonds. The minimum Gasteiger partial charge on any atom is -0.444 e. The third-order valence-electron chi connectivity index (χ3n) is 4.78. The van der Waals surface area contributed by atoms with Crippen LogP contribution >= 0.6 is 0 Å². The standard InChI is InChI=1S/C18H28N4O2/c1-13-21-16(22-24-13)18(9-7-5-6-8-10-18)20-12-15-19-11-14(23-15)17(2,3)4/h11,20H,5-10,12H2,1-4H3. The van der Waals surface area contributed by atoms with Gasteiger partial charge in [-0.25, -0.2) is 4.98 Å². The van der Waals surface area contributed by atoms with E-state index in [-0.39, 0.29) is 11.0 Å². The lowest BCUT2D eigenvalue weighted by Crippen LogP contribution is -2.42. The van der Waals surface area contributed by atoms with Crippen molar-refractivity contribution in [2.24, 2.45) is 0 Å². The van der Waals surface area contributed by atoms with E-state index in [9.17, 15) is 0 Å². The van der Waals surface area contributed by atoms with Crippen LogP contribution in [-0.2, 0) is 17.5 Å². The molecule has 0 saturated heterocycles. The van der Waals surface area contributed by atoms with Crippen molar-refractivity contribution in [3.8, 4) is 0 Å². The Balaban J connectivity index is 1.78. The fraction of sp³-hybridized carbons (Fsp3) is 0.722. The zero-order valence-corrected chi connectivity index (χ0v) is 15.2. The average molecular weight is 332 g/mol. The van der Waals surface area contributed by atoms with Crippen molar-refractivity contribution >= 4 is 0 Å². The van der Waals surface area contributed by atoms with Crippen molar-refractivity contribution in [2.45, 2.75) is 83.7 Å². The Morgan fingerprint density at radius 2 is 1.88 bits per heavy atom. The second-order valence-corrected chi connectivity index (χ2v) is 7.86. The summed E-state index contributed by atoms with van der Waals surface area (Å²) in [4.78, 5) is 8.94. The molecule has 1 aliphatic carbocycles. The van der Waals surface area contributed by atoms with E-state index in [2.05, 4.69) is 41.2 Å². The highest BCUT2D eigenvalue weighted by Gasteiger charge is 2.37. The van der Waals surface area contributed by atoms with Crippen molar-refractivity contribution in [2.75, 3.05) is 0 Å². The first-order chi connectivity index (χ1) is 11.4. The summed E-state index contributed by atoms with van der Waals surface area (Å²) in [5, 5.41) is 7.85. The molecule has 0 bridgehead atoms. The van der Waals surface area contributed by atoms with Crippen LogP contribution in [-0.4, -0.2) is 15.1 Å². The molecule has 1 aliphatic rings. The molecule has 6 heteroatoms. The van der Waals surface area contributed by atoms with Gasteiger partial charge in [0.05, 0.1) is 18.3 Å². The Labute approximate surface area is 143 Å². The van der Waals surface area contributed by atoms with E-state index >= 15 is 0 Å². The van der Waals surface area contributed by atoms with Gasteiger partial charge in [0.25, 0.3) is 0 Å². The fourth-order valence-electron chi connectivity index (χ4n) is 3.29. The highest BCUT2D eigenvalue weighted by Crippen LogP contribution is 2.35. The van der Waals surface area contributed by atoms with E-state index in [1.165, 1.54) is 25.7 Å². The Bertz CT molecular complexity index is 661. The van der Waals surface area contributed by atoms with Crippen LogP contribution in [0.15, 0.2) is 15.1 Å². The summed E-state index contributed by atoms with van der Waals surface area (Å²) in [5.41, 5.74) is -0.277. The molecule has 1 fully saturated rings. The molecule has 2 heterocycles. The fourth-order valence-corrected chi connectivity index (χ4v) is 3.29. The summed E-state index contributed by atoms with van der Waals surface area (Å²) in [7, 11) is 0. The summed E-state index contributed by atoms with van der Waals surface area (Å²) in [6, 6.07) is 0. The van der Waals surface area contributed by atoms with Crippen LogP contribution in [0.5, 0.6) is 0 Å². The van der Waals surface area contributed by atoms with E-state index in [1.54, 1.807) is 0 Å². The molecule has 132 valence electrons. The maximum absolute atomic E-state index is 5.92. The SMILES string of the molecule is Cc1nc(C2(NCc3ncc(C(C)(C)C)o3)CCCCCC2)no1. The van der Waals surface area contributed by atoms with Crippen molar-refractivity contribution in [3.63, 3.8) is 0 Å². The molecule has 24 heavy (non-hydrogen) atoms. The summed E-state index contributed by atoms with van der Waals surface area (Å²) in [5.74, 6) is 3.00. The Kier molecular flexibility index (Phi) is 4.76. The number of nitrogens with zero attached hydrogens (tertiary/aromatic N) is 3. The molecule has 0 aromatic carbocycles. The number of hydrogen-bond donors (Lipinski definition) is 1. The van der Waals surface area contributed by atoms with E-state index in [0.29, 0.717) is 18.3 Å². The number of rotatable bonds is 4. The van der Waals surface area contributed by atoms with E-state index in [0.717, 1.165) is 24.4 Å². The third kappa shape index (κ3) is 3.69. The van der Waals surface area contributed by atoms with Gasteiger partial charge in [-0.15, -0.1) is 0 Å². The monoisotopic (exact) mass is 332 g/mol. The first-order valence-corrected chi connectivity index (χ1v) is 8.90. The Morgan fingerprint density at radius 3 is 2.42 bits per heavy atom. The van der Waals surface area contributed by atoms with Gasteiger partial charge in [0.1, 0.15) is 5.76 Å². The molecule has 2 aromatic heterocycles. The molecule has 1 N–H and O–H groups in total. The second kappa shape index (κ2) is 6.67. The minimum absolute atomic E-state index is 0.0317. The molecular weight excluding hydrogens is 304 g/mol. The van der Waals surface area contributed by atoms with Crippen molar-refractivity contribution in [3.05, 3.63) is 29.6 Å². The number of aryl methyl sites for hydroxylation is 1. The number of aromatic nitrogens is 3. The van der Waals surface area contributed by atoms with Crippen LogP contribution in [0.3, 0.4) is 0 Å². The molecule has 2 aromatic rings. The number of oxazole rings is 1. The summed E-state index contributed by atoms with van der Waals surface area (Å²) < 4.78 is 11.2. The van der Waals surface area contributed by atoms with Crippen LogP contribution in [0.2, 0.25) is 0 Å². The van der Waals surface area contributed by atoms with Gasteiger partial charge in [0, 0.05) is 12.3 Å². The van der Waals surface area contributed by atoms with Crippen molar-refractivity contribution in [1.29, 1.82) is 0 Å². The Morgan fingerprint density at radius 1 is 1.17 bits per heavy atom. The van der Waals surface area contributed by atoms with E-state index < -0.39 is 0 Å². The van der Waals surface area contributed by atoms with Gasteiger partial charge < -0.3 is 8.94 Å². The maximum Gasteiger partial charge on any atom is 0.223 e. The summed E-state index contributed by atoms with van der Waals surface area (Å²) >= 11 is 0. The van der Waals surface area contributed by atoms with Crippen LogP contribution < -0.4 is 5.32 Å². The van der Waals surface area contributed by atoms with Gasteiger partial charge in [-0.05, 0) is 12.8 Å². The topological polar surface area (TPSA) is 77.0 Å². The third-order valence-corrected chi connectivity index (χ3v) is 4.78. The quantitative estimate of drug-likeness (QED) is 0.853. The van der Waals surface area contributed by atoms with Crippen LogP contribution in [0.25, 0.3) is 0 Å². The summed E-state index contributed by atoms with van der Waals surface area (Å²) in [6.07, 6.45) is 8.70. The highest BCUT2D eigenvalue weighted by atomic mass is 16.5. The summed E-state index contributed by atoms with van der Waals surface area (Å²) in [6.45, 7) is 8.78. The van der Waals surface area contributed by atoms with Crippen molar-refractivity contribution in [1.82, 2.24) is 20.4 Å². The largest absolute Gasteiger partial charge is 0.444 e. The van der Waals surface area contributed by atoms with Crippen LogP contribution in [0, 0.1) is 6.92 Å². The number of hydrogen-bond acceptors (Lipinski definition) is 6. The second-order valence-electron chi connectivity index (χ2n) is 7.86. The van der Waals surface area contributed by atoms with Crippen LogP contribution in [0.1, 0.15) is 82.7 Å². The lowest BCUT2D eigenvalue weighted by atomic mass is 9.89. The smallest absolute Gasteiger partial charge is 0.223 e. The zero-order chi connectivity index (χ0) is 17.2. The molecule has 0 atom stereocenters. The molecule has 6 nitrogen and oxygen atoms in total. The molecule has 3 rings (SSSR count). The molecule has 0 aliphatic heterocycles. The van der Waals surface area contributed by atoms with Crippen molar-refractivity contribution < 1.29 is 8.94 Å². The minimum atomic E-state index is -0.245. The van der Waals surface area contributed by atoms with Gasteiger partial charge in [0.2, 0.25) is 11.8 Å². The van der Waals surface area contributed by atoms with Gasteiger partial charge in [-0.2, -0.15) is 4.98 Å². The van der Waals surface area contributed by atoms with E-state index in [1.807, 2.05) is 13.1 Å². The molecule has 0 unspecified atom stereocenters. The first kappa shape index (κ1) is 17.1. The molecule has 0 radical (unpaired) electrons. The van der Waals surface area contributed by atoms with Gasteiger partial charge in [-0.3, -0.25) is 5.32 Å². The first-order valence-electron chi connectivity index (χ1n) is 8.90. The predicted molar refractivity (Wildman–Crippen MR) is 90.5 cm³/mol.